The zero-order valence-electron chi connectivity index (χ0n) is 16.7. The average Bonchev–Trinajstić information content (AvgIpc) is 2.97. The van der Waals surface area contributed by atoms with E-state index in [2.05, 4.69) is 73.4 Å². The monoisotopic (exact) mass is 360 g/mol. The van der Waals surface area contributed by atoms with E-state index in [1.807, 2.05) is 25.3 Å². The number of benzene rings is 1. The first-order chi connectivity index (χ1) is 13.1. The molecule has 0 saturated carbocycles. The van der Waals surface area contributed by atoms with Gasteiger partial charge in [0.1, 0.15) is 0 Å². The minimum absolute atomic E-state index is 0.227. The van der Waals surface area contributed by atoms with Crippen molar-refractivity contribution in [3.05, 3.63) is 60.4 Å². The van der Waals surface area contributed by atoms with E-state index in [9.17, 15) is 0 Å². The van der Waals surface area contributed by atoms with E-state index in [4.69, 9.17) is 4.74 Å². The topological polar surface area (TPSA) is 27.1 Å². The standard InChI is InChI=1S/C24H28N2O/c1-6-10-22-20(9-4)21-13-11-17(15-23(21)26(22)5)18-12-14-24(25-16-18)27-19(7-2)8-3/h6,9-16,19H,4,7-8H2,1-3,5H3/b10-6-. The second-order valence-electron chi connectivity index (χ2n) is 6.74. The van der Waals surface area contributed by atoms with Gasteiger partial charge in [-0.15, -0.1) is 0 Å². The third-order valence-corrected chi connectivity index (χ3v) is 5.08. The second-order valence-corrected chi connectivity index (χ2v) is 6.74. The van der Waals surface area contributed by atoms with Crippen LogP contribution in [0.25, 0.3) is 34.2 Å². The Morgan fingerprint density at radius 3 is 2.48 bits per heavy atom. The summed E-state index contributed by atoms with van der Waals surface area (Å²) in [4.78, 5) is 4.51. The zero-order valence-corrected chi connectivity index (χ0v) is 16.7. The second kappa shape index (κ2) is 8.26. The Labute approximate surface area is 162 Å². The van der Waals surface area contributed by atoms with Crippen LogP contribution in [0.5, 0.6) is 5.88 Å². The number of aryl methyl sites for hydroxylation is 1. The maximum atomic E-state index is 5.92. The van der Waals surface area contributed by atoms with Gasteiger partial charge >= 0.3 is 0 Å². The molecule has 2 aromatic heterocycles. The van der Waals surface area contributed by atoms with Gasteiger partial charge in [0.15, 0.2) is 0 Å². The lowest BCUT2D eigenvalue weighted by atomic mass is 10.0. The zero-order chi connectivity index (χ0) is 19.4. The van der Waals surface area contributed by atoms with Crippen LogP contribution in [0.1, 0.15) is 44.9 Å². The fourth-order valence-corrected chi connectivity index (χ4v) is 3.49. The summed E-state index contributed by atoms with van der Waals surface area (Å²) in [6, 6.07) is 10.6. The number of rotatable bonds is 7. The summed E-state index contributed by atoms with van der Waals surface area (Å²) in [5.41, 5.74) is 5.76. The lowest BCUT2D eigenvalue weighted by Crippen LogP contribution is -2.14. The number of pyridine rings is 1. The molecule has 0 aliphatic heterocycles. The van der Waals surface area contributed by atoms with Gasteiger partial charge in [-0.25, -0.2) is 4.98 Å². The Bertz CT molecular complexity index is 960. The molecule has 0 spiro atoms. The molecule has 0 N–H and O–H groups in total. The third-order valence-electron chi connectivity index (χ3n) is 5.08. The minimum atomic E-state index is 0.227. The van der Waals surface area contributed by atoms with Crippen LogP contribution in [0.4, 0.5) is 0 Å². The summed E-state index contributed by atoms with van der Waals surface area (Å²) in [5.74, 6) is 0.691. The molecule has 3 rings (SSSR count). The molecule has 1 aromatic carbocycles. The van der Waals surface area contributed by atoms with Gasteiger partial charge in [-0.2, -0.15) is 0 Å². The number of aromatic nitrogens is 2. The average molecular weight is 361 g/mol. The minimum Gasteiger partial charge on any atom is -0.474 e. The van der Waals surface area contributed by atoms with Gasteiger partial charge in [0, 0.05) is 47.0 Å². The van der Waals surface area contributed by atoms with Gasteiger partial charge < -0.3 is 9.30 Å². The Morgan fingerprint density at radius 2 is 1.89 bits per heavy atom. The molecule has 0 fully saturated rings. The summed E-state index contributed by atoms with van der Waals surface area (Å²) in [7, 11) is 2.10. The highest BCUT2D eigenvalue weighted by Crippen LogP contribution is 2.31. The van der Waals surface area contributed by atoms with Crippen LogP contribution in [0.2, 0.25) is 0 Å². The van der Waals surface area contributed by atoms with Crippen molar-refractivity contribution >= 4 is 23.1 Å². The normalized spacial score (nSPS) is 11.6. The Hall–Kier alpha value is -2.81. The van der Waals surface area contributed by atoms with Crippen LogP contribution in [-0.2, 0) is 7.05 Å². The van der Waals surface area contributed by atoms with Gasteiger partial charge in [-0.3, -0.25) is 0 Å². The number of hydrogen-bond donors (Lipinski definition) is 0. The van der Waals surface area contributed by atoms with Crippen molar-refractivity contribution in [2.75, 3.05) is 0 Å². The van der Waals surface area contributed by atoms with Crippen LogP contribution in [0.3, 0.4) is 0 Å². The number of hydrogen-bond acceptors (Lipinski definition) is 2. The van der Waals surface area contributed by atoms with Gasteiger partial charge in [0.2, 0.25) is 5.88 Å². The van der Waals surface area contributed by atoms with Gasteiger partial charge in [0.25, 0.3) is 0 Å². The van der Waals surface area contributed by atoms with E-state index in [1.165, 1.54) is 22.2 Å². The van der Waals surface area contributed by atoms with Crippen molar-refractivity contribution < 1.29 is 4.74 Å². The van der Waals surface area contributed by atoms with Gasteiger partial charge in [0.05, 0.1) is 6.10 Å². The summed E-state index contributed by atoms with van der Waals surface area (Å²) in [6.07, 6.45) is 10.2. The van der Waals surface area contributed by atoms with Gasteiger partial charge in [-0.1, -0.05) is 44.7 Å². The summed E-state index contributed by atoms with van der Waals surface area (Å²) >= 11 is 0. The molecule has 0 bridgehead atoms. The van der Waals surface area contributed by atoms with Crippen LogP contribution in [-0.4, -0.2) is 15.7 Å². The molecular formula is C24H28N2O. The molecule has 0 amide bonds. The van der Waals surface area contributed by atoms with Crippen LogP contribution in [0, 0.1) is 0 Å². The molecule has 3 heteroatoms. The molecule has 3 aromatic rings. The van der Waals surface area contributed by atoms with Crippen molar-refractivity contribution in [1.29, 1.82) is 0 Å². The smallest absolute Gasteiger partial charge is 0.213 e. The molecular weight excluding hydrogens is 332 g/mol. The highest BCUT2D eigenvalue weighted by molar-refractivity contribution is 5.96. The summed E-state index contributed by atoms with van der Waals surface area (Å²) in [6.45, 7) is 10.3. The van der Waals surface area contributed by atoms with Crippen molar-refractivity contribution in [3.63, 3.8) is 0 Å². The molecule has 140 valence electrons. The van der Waals surface area contributed by atoms with E-state index >= 15 is 0 Å². The van der Waals surface area contributed by atoms with Crippen LogP contribution >= 0.6 is 0 Å². The molecule has 3 nitrogen and oxygen atoms in total. The maximum absolute atomic E-state index is 5.92. The maximum Gasteiger partial charge on any atom is 0.213 e. The summed E-state index contributed by atoms with van der Waals surface area (Å²) < 4.78 is 8.14. The van der Waals surface area contributed by atoms with E-state index < -0.39 is 0 Å². The fourth-order valence-electron chi connectivity index (χ4n) is 3.49. The van der Waals surface area contributed by atoms with E-state index in [0.717, 1.165) is 24.0 Å². The van der Waals surface area contributed by atoms with Crippen molar-refractivity contribution in [2.24, 2.45) is 7.05 Å². The van der Waals surface area contributed by atoms with Crippen molar-refractivity contribution in [3.8, 4) is 17.0 Å². The molecule has 0 atom stereocenters. The van der Waals surface area contributed by atoms with E-state index in [-0.39, 0.29) is 6.10 Å². The quantitative estimate of drug-likeness (QED) is 0.482. The predicted octanol–water partition coefficient (Wildman–Crippen LogP) is 6.48. The first-order valence-electron chi connectivity index (χ1n) is 9.63. The predicted molar refractivity (Wildman–Crippen MR) is 116 cm³/mol. The van der Waals surface area contributed by atoms with Gasteiger partial charge in [-0.05, 0) is 43.5 Å². The van der Waals surface area contributed by atoms with E-state index in [1.54, 1.807) is 0 Å². The molecule has 0 aliphatic rings. The first-order valence-corrected chi connectivity index (χ1v) is 9.63. The lowest BCUT2D eigenvalue weighted by molar-refractivity contribution is 0.185. The fraction of sp³-hybridized carbons (Fsp3) is 0.292. The number of ether oxygens (including phenoxy) is 1. The third kappa shape index (κ3) is 3.68. The summed E-state index contributed by atoms with van der Waals surface area (Å²) in [5, 5.41) is 1.21. The molecule has 0 saturated heterocycles. The molecule has 0 radical (unpaired) electrons. The molecule has 2 heterocycles. The van der Waals surface area contributed by atoms with Crippen LogP contribution in [0.15, 0.2) is 49.2 Å². The number of allylic oxidation sites excluding steroid dienone is 1. The van der Waals surface area contributed by atoms with Crippen molar-refractivity contribution in [2.45, 2.75) is 39.7 Å². The Morgan fingerprint density at radius 1 is 1.15 bits per heavy atom. The number of nitrogens with zero attached hydrogens (tertiary/aromatic N) is 2. The first kappa shape index (κ1) is 19.0. The molecule has 0 aliphatic carbocycles. The Kier molecular flexibility index (Phi) is 5.80. The van der Waals surface area contributed by atoms with E-state index in [0.29, 0.717) is 5.88 Å². The highest BCUT2D eigenvalue weighted by Gasteiger charge is 2.12. The molecule has 27 heavy (non-hydrogen) atoms. The number of fused-ring (bicyclic) bond motifs is 1. The highest BCUT2D eigenvalue weighted by atomic mass is 16.5. The largest absolute Gasteiger partial charge is 0.474 e. The Balaban J connectivity index is 1.98. The van der Waals surface area contributed by atoms with Crippen LogP contribution < -0.4 is 4.74 Å². The van der Waals surface area contributed by atoms with Crippen molar-refractivity contribution in [1.82, 2.24) is 9.55 Å². The SMILES string of the molecule is C=Cc1c(/C=C\C)n(C)c2cc(-c3ccc(OC(CC)CC)nc3)ccc12. The molecule has 0 unspecified atom stereocenters. The lowest BCUT2D eigenvalue weighted by Gasteiger charge is -2.14.